The second kappa shape index (κ2) is 6.33. The fraction of sp³-hybridized carbons (Fsp3) is 0.214. The van der Waals surface area contributed by atoms with Crippen molar-refractivity contribution in [2.45, 2.75) is 11.4 Å². The minimum absolute atomic E-state index is 0.0648. The molecule has 0 spiro atoms. The van der Waals surface area contributed by atoms with E-state index in [0.29, 0.717) is 11.3 Å². The lowest BCUT2D eigenvalue weighted by atomic mass is 10.0. The summed E-state index contributed by atoms with van der Waals surface area (Å²) in [6, 6.07) is -0.965. The first kappa shape index (κ1) is 17.2. The highest BCUT2D eigenvalue weighted by molar-refractivity contribution is 8.00. The third kappa shape index (κ3) is 2.81. The number of β-lactam (4-membered cyclic amide) rings is 1. The summed E-state index contributed by atoms with van der Waals surface area (Å²) in [7, 11) is 0. The number of allylic oxidation sites excluding steroid dienone is 1. The number of carbonyl (C=O) groups excluding carboxylic acids is 3. The normalized spacial score (nSPS) is 22.1. The van der Waals surface area contributed by atoms with Crippen molar-refractivity contribution < 1.29 is 24.3 Å². The van der Waals surface area contributed by atoms with Crippen LogP contribution >= 0.6 is 23.1 Å². The Balaban J connectivity index is 1.75. The molecule has 1 fully saturated rings. The van der Waals surface area contributed by atoms with Crippen molar-refractivity contribution in [3.63, 3.8) is 0 Å². The molecule has 25 heavy (non-hydrogen) atoms. The fourth-order valence-electron chi connectivity index (χ4n) is 2.51. The number of nitrogens with one attached hydrogen (secondary N) is 1. The highest BCUT2D eigenvalue weighted by atomic mass is 32.2. The van der Waals surface area contributed by atoms with Crippen molar-refractivity contribution in [2.75, 3.05) is 11.5 Å². The molecule has 3 heterocycles. The average molecular weight is 380 g/mol. The van der Waals surface area contributed by atoms with Crippen LogP contribution in [-0.4, -0.2) is 55.7 Å². The van der Waals surface area contributed by atoms with Gasteiger partial charge in [-0.15, -0.1) is 11.8 Å². The average Bonchev–Trinajstić information content (AvgIpc) is 3.03. The maximum Gasteiger partial charge on any atom is 0.352 e. The predicted molar refractivity (Wildman–Crippen MR) is 90.7 cm³/mol. The molecule has 1 saturated heterocycles. The number of aromatic nitrogens is 1. The van der Waals surface area contributed by atoms with Crippen LogP contribution in [0, 0.1) is 0 Å². The Hall–Kier alpha value is -2.66. The lowest BCUT2D eigenvalue weighted by Crippen LogP contribution is -2.71. The van der Waals surface area contributed by atoms with Crippen LogP contribution in [0.4, 0.5) is 5.13 Å². The fourth-order valence-corrected chi connectivity index (χ4v) is 4.47. The predicted octanol–water partition coefficient (Wildman–Crippen LogP) is -0.167. The maximum atomic E-state index is 12.3. The second-order valence-corrected chi connectivity index (χ2v) is 7.30. The third-order valence-corrected chi connectivity index (χ3v) is 5.81. The van der Waals surface area contributed by atoms with Crippen LogP contribution in [-0.2, 0) is 14.4 Å². The summed E-state index contributed by atoms with van der Waals surface area (Å²) in [5, 5.41) is 11.3. The van der Waals surface area contributed by atoms with Crippen molar-refractivity contribution in [1.82, 2.24) is 15.2 Å². The largest absolute Gasteiger partial charge is 0.477 e. The molecule has 0 aromatic carbocycles. The van der Waals surface area contributed by atoms with E-state index in [4.69, 9.17) is 5.73 Å². The van der Waals surface area contributed by atoms with Gasteiger partial charge in [0.15, 0.2) is 5.13 Å². The number of nitrogens with zero attached hydrogens (tertiary/aromatic N) is 2. The van der Waals surface area contributed by atoms with Gasteiger partial charge in [-0.3, -0.25) is 19.3 Å². The van der Waals surface area contributed by atoms with Crippen LogP contribution < -0.4 is 11.1 Å². The number of hydrogen-bond donors (Lipinski definition) is 3. The first-order chi connectivity index (χ1) is 11.8. The van der Waals surface area contributed by atoms with E-state index in [1.807, 2.05) is 0 Å². The minimum atomic E-state index is -1.24. The number of thiazole rings is 1. The Morgan fingerprint density at radius 1 is 1.48 bits per heavy atom. The van der Waals surface area contributed by atoms with Crippen LogP contribution in [0.25, 0.3) is 0 Å². The van der Waals surface area contributed by atoms with Gasteiger partial charge in [-0.2, -0.15) is 0 Å². The number of nitrogen functional groups attached to an aromatic ring is 1. The molecule has 2 aliphatic heterocycles. The number of carbonyl (C=O) groups is 4. The van der Waals surface area contributed by atoms with Crippen LogP contribution in [0.1, 0.15) is 9.67 Å². The Labute approximate surface area is 149 Å². The Morgan fingerprint density at radius 3 is 2.76 bits per heavy atom. The molecule has 11 heteroatoms. The Kier molecular flexibility index (Phi) is 4.35. The first-order valence-electron chi connectivity index (χ1n) is 6.95. The summed E-state index contributed by atoms with van der Waals surface area (Å²) in [6.45, 7) is 3.55. The summed E-state index contributed by atoms with van der Waals surface area (Å²) in [4.78, 5) is 52.7. The van der Waals surface area contributed by atoms with E-state index in [0.717, 1.165) is 16.2 Å². The second-order valence-electron chi connectivity index (χ2n) is 5.14. The van der Waals surface area contributed by atoms with E-state index in [-0.39, 0.29) is 15.7 Å². The van der Waals surface area contributed by atoms with E-state index >= 15 is 0 Å². The number of Topliss-reactive ketones (excluding diaryl/α,β-unsaturated/α-hetero) is 1. The van der Waals surface area contributed by atoms with Gasteiger partial charge in [0.25, 0.3) is 17.6 Å². The number of hydrogen-bond acceptors (Lipinski definition) is 8. The molecular weight excluding hydrogens is 368 g/mol. The van der Waals surface area contributed by atoms with E-state index < -0.39 is 35.0 Å². The van der Waals surface area contributed by atoms with Gasteiger partial charge in [0.05, 0.1) is 6.20 Å². The molecule has 1 unspecified atom stereocenters. The van der Waals surface area contributed by atoms with Gasteiger partial charge in [-0.25, -0.2) is 9.78 Å². The number of nitrogens with two attached hydrogens (primary N) is 1. The number of carboxylic acids is 1. The summed E-state index contributed by atoms with van der Waals surface area (Å²) >= 11 is 2.16. The molecule has 2 aliphatic rings. The van der Waals surface area contributed by atoms with E-state index in [9.17, 15) is 24.3 Å². The Bertz CT molecular complexity index is 846. The number of amides is 2. The zero-order chi connectivity index (χ0) is 18.3. The number of anilines is 1. The minimum Gasteiger partial charge on any atom is -0.477 e. The number of rotatable bonds is 5. The molecule has 0 saturated carbocycles. The molecular formula is C14H12N4O5S2. The van der Waals surface area contributed by atoms with E-state index in [1.54, 1.807) is 0 Å². The molecule has 0 radical (unpaired) electrons. The summed E-state index contributed by atoms with van der Waals surface area (Å²) in [5.41, 5.74) is 5.72. The molecule has 3 rings (SSSR count). The number of carboxylic acid groups (broad SMARTS) is 1. The van der Waals surface area contributed by atoms with Gasteiger partial charge in [0, 0.05) is 5.75 Å². The molecule has 0 aliphatic carbocycles. The molecule has 0 bridgehead atoms. The quantitative estimate of drug-likeness (QED) is 0.363. The molecule has 4 N–H and O–H groups in total. The highest BCUT2D eigenvalue weighted by Crippen LogP contribution is 2.40. The van der Waals surface area contributed by atoms with Gasteiger partial charge >= 0.3 is 5.97 Å². The first-order valence-corrected chi connectivity index (χ1v) is 8.81. The van der Waals surface area contributed by atoms with Gasteiger partial charge in [0.1, 0.15) is 22.0 Å². The van der Waals surface area contributed by atoms with Crippen molar-refractivity contribution in [3.05, 3.63) is 35.0 Å². The topological polar surface area (TPSA) is 143 Å². The van der Waals surface area contributed by atoms with Crippen molar-refractivity contribution in [1.29, 1.82) is 0 Å². The molecule has 1 aromatic rings. The van der Waals surface area contributed by atoms with Crippen molar-refractivity contribution in [3.8, 4) is 0 Å². The zero-order valence-corrected chi connectivity index (χ0v) is 14.2. The van der Waals surface area contributed by atoms with Crippen LogP contribution in [0.2, 0.25) is 0 Å². The van der Waals surface area contributed by atoms with E-state index in [2.05, 4.69) is 16.9 Å². The van der Waals surface area contributed by atoms with Gasteiger partial charge in [0.2, 0.25) is 0 Å². The monoisotopic (exact) mass is 380 g/mol. The summed E-state index contributed by atoms with van der Waals surface area (Å²) in [6.07, 6.45) is 2.58. The Morgan fingerprint density at radius 2 is 2.20 bits per heavy atom. The zero-order valence-electron chi connectivity index (χ0n) is 12.6. The van der Waals surface area contributed by atoms with Crippen molar-refractivity contribution in [2.24, 2.45) is 0 Å². The van der Waals surface area contributed by atoms with Gasteiger partial charge in [-0.05, 0) is 5.57 Å². The molecule has 2 amide bonds. The highest BCUT2D eigenvalue weighted by Gasteiger charge is 2.54. The van der Waals surface area contributed by atoms with Crippen LogP contribution in [0.5, 0.6) is 0 Å². The van der Waals surface area contributed by atoms with Gasteiger partial charge < -0.3 is 16.2 Å². The summed E-state index contributed by atoms with van der Waals surface area (Å²) in [5.74, 6) is -3.29. The number of fused-ring (bicyclic) bond motifs is 1. The molecule has 9 nitrogen and oxygen atoms in total. The molecule has 2 atom stereocenters. The standard InChI is InChI=1S/C14H12N4O5S2/c1-2-5-4-24-12-7(11(21)18(12)8(5)13(22)23)17-10(20)9(19)6-3-16-14(15)25-6/h2-3,7,12H,1,4H2,(H2,15,16)(H,17,20)(H,22,23)/t7?,12-/m1/s1. The number of thioether (sulfide) groups is 1. The maximum absolute atomic E-state index is 12.3. The third-order valence-electron chi connectivity index (χ3n) is 3.69. The smallest absolute Gasteiger partial charge is 0.352 e. The number of aliphatic carboxylic acids is 1. The van der Waals surface area contributed by atoms with Crippen molar-refractivity contribution >= 4 is 51.8 Å². The van der Waals surface area contributed by atoms with Crippen LogP contribution in [0.3, 0.4) is 0 Å². The molecule has 1 aromatic heterocycles. The lowest BCUT2D eigenvalue weighted by molar-refractivity contribution is -0.150. The lowest BCUT2D eigenvalue weighted by Gasteiger charge is -2.49. The van der Waals surface area contributed by atoms with Gasteiger partial charge in [-0.1, -0.05) is 24.0 Å². The van der Waals surface area contributed by atoms with Crippen LogP contribution in [0.15, 0.2) is 30.1 Å². The molecule has 130 valence electrons. The number of ketones is 1. The van der Waals surface area contributed by atoms with E-state index in [1.165, 1.54) is 24.0 Å². The SMILES string of the molecule is C=CC1=C(C(=O)O)N2C(=O)C(NC(=O)C(=O)c3cnc(N)s3)[C@H]2SC1. The summed E-state index contributed by atoms with van der Waals surface area (Å²) < 4.78 is 0.